The first-order chi connectivity index (χ1) is 16.1. The molecule has 5 rings (SSSR count). The molecule has 1 N–H and O–H groups in total. The fraction of sp³-hybridized carbons (Fsp3) is 0.240. The summed E-state index contributed by atoms with van der Waals surface area (Å²) in [7, 11) is 0. The molecule has 0 saturated carbocycles. The number of hydrogen-bond acceptors (Lipinski definition) is 4. The molecule has 2 aromatic carbocycles. The summed E-state index contributed by atoms with van der Waals surface area (Å²) in [5.41, 5.74) is 1.91. The van der Waals surface area contributed by atoms with Gasteiger partial charge in [-0.1, -0.05) is 24.3 Å². The van der Waals surface area contributed by atoms with Crippen LogP contribution in [0, 0.1) is 11.6 Å². The Bertz CT molecular complexity index is 1270. The van der Waals surface area contributed by atoms with E-state index < -0.39 is 5.82 Å². The van der Waals surface area contributed by atoms with E-state index in [4.69, 9.17) is 4.42 Å². The van der Waals surface area contributed by atoms with Crippen LogP contribution in [0.3, 0.4) is 0 Å². The van der Waals surface area contributed by atoms with Crippen molar-refractivity contribution in [3.8, 4) is 11.3 Å². The lowest BCUT2D eigenvalue weighted by molar-refractivity contribution is 0.0564. The van der Waals surface area contributed by atoms with Crippen LogP contribution in [0.25, 0.3) is 11.3 Å². The van der Waals surface area contributed by atoms with Gasteiger partial charge in [0.05, 0.1) is 11.9 Å². The zero-order chi connectivity index (χ0) is 22.8. The minimum atomic E-state index is -0.396. The molecule has 1 aliphatic heterocycles. The second kappa shape index (κ2) is 8.97. The van der Waals surface area contributed by atoms with E-state index in [1.54, 1.807) is 47.5 Å². The maximum Gasteiger partial charge on any atom is 0.272 e. The highest BCUT2D eigenvalue weighted by atomic mass is 19.1. The predicted octanol–water partition coefficient (Wildman–Crippen LogP) is 5.30. The second-order valence-electron chi connectivity index (χ2n) is 8.12. The van der Waals surface area contributed by atoms with E-state index in [0.717, 1.165) is 24.8 Å². The monoisotopic (exact) mass is 448 g/mol. The van der Waals surface area contributed by atoms with Crippen molar-refractivity contribution in [3.05, 3.63) is 95.3 Å². The van der Waals surface area contributed by atoms with Crippen molar-refractivity contribution in [2.75, 3.05) is 6.54 Å². The SMILES string of the molecule is O=C(c1cc(-c2ccccc2F)n[nH]1)N1CCCCC1c1ncc(Cc2ccc(F)cc2)o1. The van der Waals surface area contributed by atoms with Crippen LogP contribution in [-0.2, 0) is 6.42 Å². The standard InChI is InChI=1S/C25H22F2N4O2/c26-17-10-8-16(9-11-17)13-18-15-28-24(33-18)23-7-3-4-12-31(23)25(32)22-14-21(29-30-22)19-5-1-2-6-20(19)27/h1-2,5-6,8-11,14-15,23H,3-4,7,12-13H2,(H,29,30). The summed E-state index contributed by atoms with van der Waals surface area (Å²) in [6.45, 7) is 0.563. The van der Waals surface area contributed by atoms with Gasteiger partial charge >= 0.3 is 0 Å². The number of aromatic amines is 1. The van der Waals surface area contributed by atoms with Crippen LogP contribution in [0.5, 0.6) is 0 Å². The molecule has 3 heterocycles. The maximum atomic E-state index is 14.1. The van der Waals surface area contributed by atoms with E-state index in [1.807, 2.05) is 0 Å². The molecule has 0 bridgehead atoms. The number of oxazole rings is 1. The molecule has 0 radical (unpaired) electrons. The number of carbonyl (C=O) groups excluding carboxylic acids is 1. The van der Waals surface area contributed by atoms with Crippen LogP contribution in [0.15, 0.2) is 65.2 Å². The van der Waals surface area contributed by atoms with Crippen LogP contribution < -0.4 is 0 Å². The summed E-state index contributed by atoms with van der Waals surface area (Å²) in [5.74, 6) is 0.220. The van der Waals surface area contributed by atoms with Gasteiger partial charge in [-0.3, -0.25) is 9.89 Å². The van der Waals surface area contributed by atoms with Gasteiger partial charge < -0.3 is 9.32 Å². The molecule has 1 amide bonds. The molecular formula is C25H22F2N4O2. The average Bonchev–Trinajstić information content (AvgIpc) is 3.51. The van der Waals surface area contributed by atoms with Gasteiger partial charge in [0.15, 0.2) is 0 Å². The summed E-state index contributed by atoms with van der Waals surface area (Å²) in [4.78, 5) is 19.5. The van der Waals surface area contributed by atoms with E-state index in [0.29, 0.717) is 41.6 Å². The van der Waals surface area contributed by atoms with Crippen molar-refractivity contribution in [3.63, 3.8) is 0 Å². The summed E-state index contributed by atoms with van der Waals surface area (Å²) in [5, 5.41) is 6.89. The van der Waals surface area contributed by atoms with Crippen molar-refractivity contribution in [2.24, 2.45) is 0 Å². The van der Waals surface area contributed by atoms with Crippen molar-refractivity contribution in [2.45, 2.75) is 31.7 Å². The summed E-state index contributed by atoms with van der Waals surface area (Å²) in [6.07, 6.45) is 4.70. The zero-order valence-corrected chi connectivity index (χ0v) is 17.8. The minimum Gasteiger partial charge on any atom is -0.443 e. The fourth-order valence-corrected chi connectivity index (χ4v) is 4.19. The number of nitrogens with one attached hydrogen (secondary N) is 1. The molecule has 4 aromatic rings. The molecule has 168 valence electrons. The normalized spacial score (nSPS) is 16.2. The number of hydrogen-bond donors (Lipinski definition) is 1. The lowest BCUT2D eigenvalue weighted by Gasteiger charge is -2.33. The molecular weight excluding hydrogens is 426 g/mol. The fourth-order valence-electron chi connectivity index (χ4n) is 4.19. The Kier molecular flexibility index (Phi) is 5.73. The van der Waals surface area contributed by atoms with E-state index in [2.05, 4.69) is 15.2 Å². The first kappa shape index (κ1) is 21.1. The van der Waals surface area contributed by atoms with Gasteiger partial charge in [-0.2, -0.15) is 5.10 Å². The lowest BCUT2D eigenvalue weighted by atomic mass is 10.0. The number of carbonyl (C=O) groups is 1. The molecule has 1 saturated heterocycles. The van der Waals surface area contributed by atoms with E-state index in [-0.39, 0.29) is 17.8 Å². The molecule has 2 aromatic heterocycles. The Morgan fingerprint density at radius 2 is 1.94 bits per heavy atom. The first-order valence-corrected chi connectivity index (χ1v) is 10.9. The lowest BCUT2D eigenvalue weighted by Crippen LogP contribution is -2.38. The summed E-state index contributed by atoms with van der Waals surface area (Å²) < 4.78 is 33.3. The number of halogens is 2. The molecule has 0 aliphatic carbocycles. The first-order valence-electron chi connectivity index (χ1n) is 10.9. The number of nitrogens with zero attached hydrogens (tertiary/aromatic N) is 3. The van der Waals surface area contributed by atoms with Gasteiger partial charge in [0.25, 0.3) is 5.91 Å². The van der Waals surface area contributed by atoms with Crippen molar-refractivity contribution < 1.29 is 18.0 Å². The van der Waals surface area contributed by atoms with Gasteiger partial charge in [0, 0.05) is 18.5 Å². The minimum absolute atomic E-state index is 0.229. The number of piperidine rings is 1. The van der Waals surface area contributed by atoms with Gasteiger partial charge in [-0.25, -0.2) is 13.8 Å². The quantitative estimate of drug-likeness (QED) is 0.450. The summed E-state index contributed by atoms with van der Waals surface area (Å²) in [6, 6.07) is 13.8. The van der Waals surface area contributed by atoms with Gasteiger partial charge in [-0.05, 0) is 55.2 Å². The number of aromatic nitrogens is 3. The van der Waals surface area contributed by atoms with E-state index >= 15 is 0 Å². The molecule has 1 unspecified atom stereocenters. The van der Waals surface area contributed by atoms with Crippen LogP contribution in [0.2, 0.25) is 0 Å². The second-order valence-corrected chi connectivity index (χ2v) is 8.12. The van der Waals surface area contributed by atoms with E-state index in [9.17, 15) is 13.6 Å². The van der Waals surface area contributed by atoms with Crippen LogP contribution >= 0.6 is 0 Å². The Hall–Kier alpha value is -3.81. The van der Waals surface area contributed by atoms with Crippen LogP contribution in [0.1, 0.15) is 53.0 Å². The molecule has 1 atom stereocenters. The highest BCUT2D eigenvalue weighted by molar-refractivity contribution is 5.93. The van der Waals surface area contributed by atoms with Crippen LogP contribution in [-0.4, -0.2) is 32.5 Å². The topological polar surface area (TPSA) is 75.0 Å². The van der Waals surface area contributed by atoms with E-state index in [1.165, 1.54) is 18.2 Å². The largest absolute Gasteiger partial charge is 0.443 e. The molecule has 1 aliphatic rings. The molecule has 1 fully saturated rings. The van der Waals surface area contributed by atoms with Crippen LogP contribution in [0.4, 0.5) is 8.78 Å². The Balaban J connectivity index is 1.35. The van der Waals surface area contributed by atoms with Crippen molar-refractivity contribution in [1.82, 2.24) is 20.1 Å². The number of rotatable bonds is 5. The Labute approximate surface area is 189 Å². The van der Waals surface area contributed by atoms with Crippen molar-refractivity contribution >= 4 is 5.91 Å². The number of H-pyrrole nitrogens is 1. The molecule has 33 heavy (non-hydrogen) atoms. The average molecular weight is 448 g/mol. The zero-order valence-electron chi connectivity index (χ0n) is 17.8. The Morgan fingerprint density at radius 1 is 1.12 bits per heavy atom. The van der Waals surface area contributed by atoms with Gasteiger partial charge in [-0.15, -0.1) is 0 Å². The molecule has 8 heteroatoms. The number of benzene rings is 2. The maximum absolute atomic E-state index is 14.1. The number of amides is 1. The third kappa shape index (κ3) is 4.41. The predicted molar refractivity (Wildman–Crippen MR) is 117 cm³/mol. The molecule has 0 spiro atoms. The number of likely N-dealkylation sites (tertiary alicyclic amines) is 1. The Morgan fingerprint density at radius 3 is 2.76 bits per heavy atom. The highest BCUT2D eigenvalue weighted by Crippen LogP contribution is 2.32. The van der Waals surface area contributed by atoms with Crippen molar-refractivity contribution in [1.29, 1.82) is 0 Å². The third-order valence-electron chi connectivity index (χ3n) is 5.87. The summed E-state index contributed by atoms with van der Waals surface area (Å²) >= 11 is 0. The van der Waals surface area contributed by atoms with Gasteiger partial charge in [0.2, 0.25) is 5.89 Å². The van der Waals surface area contributed by atoms with Gasteiger partial charge in [0.1, 0.15) is 29.1 Å². The third-order valence-corrected chi connectivity index (χ3v) is 5.87. The smallest absolute Gasteiger partial charge is 0.272 e. The highest BCUT2D eigenvalue weighted by Gasteiger charge is 2.33. The molecule has 6 nitrogen and oxygen atoms in total.